The Balaban J connectivity index is 1.72. The second kappa shape index (κ2) is 4.67. The molecule has 0 radical (unpaired) electrons. The summed E-state index contributed by atoms with van der Waals surface area (Å²) in [5.41, 5.74) is 1.32. The van der Waals surface area contributed by atoms with Crippen molar-refractivity contribution in [2.45, 2.75) is 71.0 Å². The van der Waals surface area contributed by atoms with Crippen LogP contribution in [-0.2, 0) is 4.79 Å². The summed E-state index contributed by atoms with van der Waals surface area (Å²) in [6.07, 6.45) is 7.84. The first-order valence-electron chi connectivity index (χ1n) is 8.95. The van der Waals surface area contributed by atoms with Crippen LogP contribution < -0.4 is 0 Å². The lowest BCUT2D eigenvalue weighted by atomic mass is 9.48. The normalized spacial score (nSPS) is 54.3. The molecule has 4 aliphatic carbocycles. The fourth-order valence-electron chi connectivity index (χ4n) is 6.48. The molecule has 3 saturated carbocycles. The molecule has 7 atom stereocenters. The molecular weight excluding hydrogens is 276 g/mol. The highest BCUT2D eigenvalue weighted by atomic mass is 16.3. The Kier molecular flexibility index (Phi) is 3.16. The Morgan fingerprint density at radius 3 is 2.59 bits per heavy atom. The van der Waals surface area contributed by atoms with Gasteiger partial charge >= 0.3 is 0 Å². The van der Waals surface area contributed by atoms with E-state index in [1.165, 1.54) is 5.57 Å². The van der Waals surface area contributed by atoms with Crippen LogP contribution in [0.4, 0.5) is 0 Å². The third kappa shape index (κ3) is 1.78. The number of allylic oxidation sites excluding steroid dienone is 1. The van der Waals surface area contributed by atoms with Crippen molar-refractivity contribution in [3.8, 4) is 0 Å². The van der Waals surface area contributed by atoms with Gasteiger partial charge in [-0.3, -0.25) is 4.79 Å². The van der Waals surface area contributed by atoms with Gasteiger partial charge in [-0.25, -0.2) is 0 Å². The number of fused-ring (bicyclic) bond motifs is 5. The largest absolute Gasteiger partial charge is 0.393 e. The topological polar surface area (TPSA) is 57.5 Å². The number of carbonyl (C=O) groups excluding carboxylic acids is 1. The molecule has 0 saturated heterocycles. The van der Waals surface area contributed by atoms with E-state index in [-0.39, 0.29) is 28.6 Å². The summed E-state index contributed by atoms with van der Waals surface area (Å²) in [6, 6.07) is 0. The molecule has 0 spiro atoms. The van der Waals surface area contributed by atoms with E-state index in [0.29, 0.717) is 18.3 Å². The van der Waals surface area contributed by atoms with Gasteiger partial charge in [0.2, 0.25) is 0 Å². The molecule has 1 unspecified atom stereocenters. The van der Waals surface area contributed by atoms with E-state index in [0.717, 1.165) is 38.5 Å². The first-order chi connectivity index (χ1) is 10.4. The van der Waals surface area contributed by atoms with Crippen LogP contribution in [0.1, 0.15) is 58.8 Å². The van der Waals surface area contributed by atoms with E-state index in [9.17, 15) is 15.0 Å². The van der Waals surface area contributed by atoms with Crippen molar-refractivity contribution in [1.82, 2.24) is 0 Å². The molecule has 0 aromatic heterocycles. The van der Waals surface area contributed by atoms with Gasteiger partial charge in [0, 0.05) is 17.8 Å². The highest BCUT2D eigenvalue weighted by Gasteiger charge is 2.61. The average molecular weight is 304 g/mol. The quantitative estimate of drug-likeness (QED) is 0.677. The van der Waals surface area contributed by atoms with Gasteiger partial charge in [0.15, 0.2) is 0 Å². The number of hydrogen-bond donors (Lipinski definition) is 2. The standard InChI is InChI=1S/C19H28O3/c1-18-7-5-12(20)9-11(18)3-4-13-14(18)6-8-19(2)16(22)10-15(21)17(13)19/h3,12-15,17,20-21H,4-10H2,1-2H3/t12-,13+,14-,15-,17?,18-,19+/m0/s1. The van der Waals surface area contributed by atoms with Gasteiger partial charge in [0.25, 0.3) is 0 Å². The summed E-state index contributed by atoms with van der Waals surface area (Å²) >= 11 is 0. The van der Waals surface area contributed by atoms with Crippen LogP contribution in [0.3, 0.4) is 0 Å². The zero-order chi connectivity index (χ0) is 15.7. The van der Waals surface area contributed by atoms with E-state index in [1.54, 1.807) is 0 Å². The molecule has 4 rings (SSSR count). The Morgan fingerprint density at radius 1 is 1.09 bits per heavy atom. The van der Waals surface area contributed by atoms with E-state index in [4.69, 9.17) is 0 Å². The number of aliphatic hydroxyl groups is 2. The maximum atomic E-state index is 12.4. The number of carbonyl (C=O) groups is 1. The summed E-state index contributed by atoms with van der Waals surface area (Å²) < 4.78 is 0. The minimum Gasteiger partial charge on any atom is -0.393 e. The lowest BCUT2D eigenvalue weighted by Crippen LogP contribution is -2.52. The summed E-state index contributed by atoms with van der Waals surface area (Å²) in [5, 5.41) is 20.5. The molecule has 3 heteroatoms. The molecule has 122 valence electrons. The van der Waals surface area contributed by atoms with E-state index in [2.05, 4.69) is 19.9 Å². The molecule has 22 heavy (non-hydrogen) atoms. The van der Waals surface area contributed by atoms with Crippen LogP contribution in [0.5, 0.6) is 0 Å². The Hall–Kier alpha value is -0.670. The molecule has 0 aromatic rings. The fraction of sp³-hybridized carbons (Fsp3) is 0.842. The van der Waals surface area contributed by atoms with Crippen LogP contribution in [0, 0.1) is 28.6 Å². The molecule has 4 aliphatic rings. The first-order valence-corrected chi connectivity index (χ1v) is 8.95. The monoisotopic (exact) mass is 304 g/mol. The zero-order valence-electron chi connectivity index (χ0n) is 13.7. The molecule has 0 amide bonds. The predicted octanol–water partition coefficient (Wildman–Crippen LogP) is 2.85. The van der Waals surface area contributed by atoms with Crippen LogP contribution in [0.2, 0.25) is 0 Å². The van der Waals surface area contributed by atoms with Gasteiger partial charge in [-0.05, 0) is 55.8 Å². The molecule has 0 aromatic carbocycles. The van der Waals surface area contributed by atoms with Gasteiger partial charge in [0.1, 0.15) is 5.78 Å². The van der Waals surface area contributed by atoms with Gasteiger partial charge in [-0.15, -0.1) is 0 Å². The van der Waals surface area contributed by atoms with E-state index in [1.807, 2.05) is 0 Å². The van der Waals surface area contributed by atoms with Crippen molar-refractivity contribution in [2.24, 2.45) is 28.6 Å². The number of rotatable bonds is 0. The van der Waals surface area contributed by atoms with E-state index >= 15 is 0 Å². The third-order valence-corrected chi connectivity index (χ3v) is 7.78. The summed E-state index contributed by atoms with van der Waals surface area (Å²) in [5.74, 6) is 1.42. The minimum atomic E-state index is -0.446. The summed E-state index contributed by atoms with van der Waals surface area (Å²) in [6.45, 7) is 4.46. The van der Waals surface area contributed by atoms with Crippen LogP contribution >= 0.6 is 0 Å². The molecule has 3 fully saturated rings. The van der Waals surface area contributed by atoms with Crippen LogP contribution in [-0.4, -0.2) is 28.2 Å². The maximum absolute atomic E-state index is 12.4. The second-order valence-electron chi connectivity index (χ2n) is 8.73. The van der Waals surface area contributed by atoms with Crippen molar-refractivity contribution in [3.05, 3.63) is 11.6 Å². The number of Topliss-reactive ketones (excluding diaryl/α,β-unsaturated/α-hetero) is 1. The van der Waals surface area contributed by atoms with Gasteiger partial charge in [-0.1, -0.05) is 25.5 Å². The lowest BCUT2D eigenvalue weighted by molar-refractivity contribution is -0.133. The Bertz CT molecular complexity index is 539. The number of ketones is 1. The first kappa shape index (κ1) is 14.9. The van der Waals surface area contributed by atoms with Crippen molar-refractivity contribution in [1.29, 1.82) is 0 Å². The summed E-state index contributed by atoms with van der Waals surface area (Å²) in [7, 11) is 0. The van der Waals surface area contributed by atoms with Gasteiger partial charge in [0.05, 0.1) is 12.2 Å². The van der Waals surface area contributed by atoms with Crippen molar-refractivity contribution in [3.63, 3.8) is 0 Å². The highest BCUT2D eigenvalue weighted by molar-refractivity contribution is 5.88. The SMILES string of the molecule is C[C@]12CC[C@H](O)CC1=CC[C@H]1C3[C@@H](O)CC(=O)[C@@]3(C)CC[C@@H]12. The molecular formula is C19H28O3. The van der Waals surface area contributed by atoms with Crippen molar-refractivity contribution < 1.29 is 15.0 Å². The summed E-state index contributed by atoms with van der Waals surface area (Å²) in [4.78, 5) is 12.4. The number of aliphatic hydroxyl groups excluding tert-OH is 2. The van der Waals surface area contributed by atoms with Crippen molar-refractivity contribution in [2.75, 3.05) is 0 Å². The Morgan fingerprint density at radius 2 is 1.82 bits per heavy atom. The number of hydrogen-bond acceptors (Lipinski definition) is 3. The maximum Gasteiger partial charge on any atom is 0.141 e. The van der Waals surface area contributed by atoms with Gasteiger partial charge in [-0.2, -0.15) is 0 Å². The molecule has 0 heterocycles. The minimum absolute atomic E-state index is 0.139. The third-order valence-electron chi connectivity index (χ3n) is 7.78. The average Bonchev–Trinajstić information content (AvgIpc) is 2.70. The second-order valence-corrected chi connectivity index (χ2v) is 8.73. The van der Waals surface area contributed by atoms with Crippen LogP contribution in [0.25, 0.3) is 0 Å². The smallest absolute Gasteiger partial charge is 0.141 e. The molecule has 0 bridgehead atoms. The van der Waals surface area contributed by atoms with Crippen molar-refractivity contribution >= 4 is 5.78 Å². The predicted molar refractivity (Wildman–Crippen MR) is 84.1 cm³/mol. The fourth-order valence-corrected chi connectivity index (χ4v) is 6.48. The highest BCUT2D eigenvalue weighted by Crippen LogP contribution is 2.63. The van der Waals surface area contributed by atoms with E-state index < -0.39 is 6.10 Å². The van der Waals surface area contributed by atoms with Crippen LogP contribution in [0.15, 0.2) is 11.6 Å². The molecule has 0 aliphatic heterocycles. The van der Waals surface area contributed by atoms with Gasteiger partial charge < -0.3 is 10.2 Å². The zero-order valence-corrected chi connectivity index (χ0v) is 13.7. The molecule has 3 nitrogen and oxygen atoms in total. The Labute approximate surface area is 132 Å². The lowest BCUT2D eigenvalue weighted by Gasteiger charge is -2.57. The molecule has 2 N–H and O–H groups in total.